The Kier molecular flexibility index (Phi) is 7.13. The molecule has 5 aromatic carbocycles. The van der Waals surface area contributed by atoms with Crippen LogP contribution in [-0.4, -0.2) is 35.9 Å². The molecule has 2 fully saturated rings. The summed E-state index contributed by atoms with van der Waals surface area (Å²) in [6.45, 7) is 0.00279. The number of aromatic nitrogens is 3. The van der Waals surface area contributed by atoms with Gasteiger partial charge in [0, 0.05) is 16.5 Å². The van der Waals surface area contributed by atoms with E-state index >= 15 is 4.79 Å². The van der Waals surface area contributed by atoms with Crippen molar-refractivity contribution in [1.82, 2.24) is 18.9 Å². The fraction of sp³-hybridized carbons (Fsp3) is 0.150. The lowest BCUT2D eigenvalue weighted by atomic mass is 9.52. The predicted octanol–water partition coefficient (Wildman–Crippen LogP) is 6.07. The molecular weight excluding hydrogens is 685 g/mol. The second-order valence-corrected chi connectivity index (χ2v) is 13.7. The number of hydrogen-bond acceptors (Lipinski definition) is 6. The number of carbonyl (C=O) groups is 2. The van der Waals surface area contributed by atoms with Crippen LogP contribution in [0, 0.1) is 11.7 Å². The number of imide groups is 1. The van der Waals surface area contributed by atoms with Gasteiger partial charge < -0.3 is 5.11 Å². The maximum Gasteiger partial charge on any atom is 0.352 e. The summed E-state index contributed by atoms with van der Waals surface area (Å²) in [4.78, 5) is 58.5. The molecule has 258 valence electrons. The number of carbonyl (C=O) groups excluding carboxylic acids is 2. The lowest BCUT2D eigenvalue weighted by Crippen LogP contribution is -2.53. The van der Waals surface area contributed by atoms with E-state index in [2.05, 4.69) is 5.43 Å². The minimum atomic E-state index is -1.66. The Balaban J connectivity index is 1.34. The summed E-state index contributed by atoms with van der Waals surface area (Å²) in [5.41, 5.74) is 2.33. The number of para-hydroxylation sites is 1. The lowest BCUT2D eigenvalue weighted by Gasteiger charge is -2.49. The lowest BCUT2D eigenvalue weighted by molar-refractivity contribution is -0.138. The van der Waals surface area contributed by atoms with Gasteiger partial charge in [-0.1, -0.05) is 78.3 Å². The third-order valence-corrected chi connectivity index (χ3v) is 11.0. The number of hydrazine groups is 1. The molecule has 52 heavy (non-hydrogen) atoms. The zero-order valence-electron chi connectivity index (χ0n) is 27.3. The quantitative estimate of drug-likeness (QED) is 0.166. The summed E-state index contributed by atoms with van der Waals surface area (Å²) in [7, 11) is 0. The summed E-state index contributed by atoms with van der Waals surface area (Å²) < 4.78 is 17.8. The van der Waals surface area contributed by atoms with Crippen molar-refractivity contribution in [3.05, 3.63) is 170 Å². The first-order valence-corrected chi connectivity index (χ1v) is 17.1. The van der Waals surface area contributed by atoms with Gasteiger partial charge >= 0.3 is 11.4 Å². The Labute approximate surface area is 300 Å². The molecule has 12 heteroatoms. The smallest absolute Gasteiger partial charge is 0.352 e. The normalized spacial score (nSPS) is 22.2. The molecule has 9 rings (SSSR count). The van der Waals surface area contributed by atoms with Gasteiger partial charge in [-0.15, -0.1) is 0 Å². The van der Waals surface area contributed by atoms with Gasteiger partial charge in [-0.05, 0) is 82.9 Å². The Morgan fingerprint density at radius 2 is 1.52 bits per heavy atom. The van der Waals surface area contributed by atoms with Crippen LogP contribution in [-0.2, 0) is 21.5 Å². The molecule has 1 saturated carbocycles. The van der Waals surface area contributed by atoms with Crippen LogP contribution in [0.15, 0.2) is 136 Å². The van der Waals surface area contributed by atoms with E-state index in [0.29, 0.717) is 38.5 Å². The first-order chi connectivity index (χ1) is 25.2. The molecule has 2 N–H and O–H groups in total. The van der Waals surface area contributed by atoms with Crippen LogP contribution in [0.5, 0.6) is 5.75 Å². The molecule has 2 aliphatic heterocycles. The zero-order valence-corrected chi connectivity index (χ0v) is 28.1. The Morgan fingerprint density at radius 3 is 2.27 bits per heavy atom. The molecule has 2 amide bonds. The summed E-state index contributed by atoms with van der Waals surface area (Å²) in [6, 6.07) is 30.6. The number of anilines is 1. The van der Waals surface area contributed by atoms with Crippen LogP contribution >= 0.6 is 11.6 Å². The van der Waals surface area contributed by atoms with E-state index in [0.717, 1.165) is 15.0 Å². The average Bonchev–Trinajstić information content (AvgIpc) is 3.54. The van der Waals surface area contributed by atoms with Crippen molar-refractivity contribution in [2.45, 2.75) is 30.3 Å². The summed E-state index contributed by atoms with van der Waals surface area (Å²) in [5, 5.41) is 14.7. The molecule has 0 spiro atoms. The number of rotatable bonds is 5. The number of nitrogens with one attached hydrogen (secondary N) is 1. The number of allylic oxidation sites excluding steroid dienone is 2. The van der Waals surface area contributed by atoms with E-state index in [4.69, 9.17) is 11.6 Å². The highest BCUT2D eigenvalue weighted by Crippen LogP contribution is 2.63. The highest BCUT2D eigenvalue weighted by atomic mass is 35.5. The number of amides is 2. The molecule has 3 aliphatic rings. The summed E-state index contributed by atoms with van der Waals surface area (Å²) in [5.74, 6) is -3.87. The molecule has 0 radical (unpaired) electrons. The van der Waals surface area contributed by atoms with Crippen LogP contribution in [0.25, 0.3) is 16.5 Å². The van der Waals surface area contributed by atoms with E-state index in [-0.39, 0.29) is 18.7 Å². The Bertz CT molecular complexity index is 2600. The standard InChI is InChI=1S/C40H29ClFN5O5/c41-25-13-11-24(12-14-25)40-31(36(49)46(37(40)50)43-27-17-15-26(42)16-18-27)22-32-30(35(40)34-29-9-5-4-6-23(29)10-19-33(34)48)20-21-44-38(51)45(39(52)47(32)44)28-7-2-1-3-8-28/h1-20,31-32,35,43,48H,21-22H2. The zero-order chi connectivity index (χ0) is 35.9. The summed E-state index contributed by atoms with van der Waals surface area (Å²) >= 11 is 6.38. The first kappa shape index (κ1) is 31.8. The van der Waals surface area contributed by atoms with E-state index in [1.54, 1.807) is 66.7 Å². The maximum atomic E-state index is 15.4. The van der Waals surface area contributed by atoms with Crippen molar-refractivity contribution in [2.75, 3.05) is 5.43 Å². The molecule has 10 nitrogen and oxygen atoms in total. The van der Waals surface area contributed by atoms with Crippen molar-refractivity contribution in [3.63, 3.8) is 0 Å². The molecule has 1 saturated heterocycles. The predicted molar refractivity (Wildman–Crippen MR) is 193 cm³/mol. The molecule has 3 heterocycles. The van der Waals surface area contributed by atoms with Gasteiger partial charge in [-0.25, -0.2) is 27.9 Å². The van der Waals surface area contributed by atoms with Crippen LogP contribution in [0.2, 0.25) is 5.02 Å². The number of aromatic hydroxyl groups is 1. The SMILES string of the molecule is O=C1C2CC3C(=CCn4c(=O)n(-c5ccccc5)c(=O)n43)C(c3c(O)ccc4ccccc34)C2(c2ccc(Cl)cc2)C(=O)N1Nc1ccc(F)cc1. The fourth-order valence-electron chi connectivity index (χ4n) is 8.62. The maximum absolute atomic E-state index is 15.4. The van der Waals surface area contributed by atoms with Gasteiger partial charge in [0.1, 0.15) is 11.6 Å². The van der Waals surface area contributed by atoms with Crippen molar-refractivity contribution < 1.29 is 19.1 Å². The largest absolute Gasteiger partial charge is 0.508 e. The number of phenolic OH excluding ortho intramolecular Hbond substituents is 1. The van der Waals surface area contributed by atoms with Crippen molar-refractivity contribution >= 4 is 39.9 Å². The minimum absolute atomic E-state index is 0.00279. The van der Waals surface area contributed by atoms with Gasteiger partial charge in [0.2, 0.25) is 0 Å². The third-order valence-electron chi connectivity index (χ3n) is 10.8. The monoisotopic (exact) mass is 713 g/mol. The Hall–Kier alpha value is -6.20. The van der Waals surface area contributed by atoms with E-state index in [9.17, 15) is 23.9 Å². The van der Waals surface area contributed by atoms with Gasteiger partial charge in [-0.2, -0.15) is 5.01 Å². The van der Waals surface area contributed by atoms with Crippen molar-refractivity contribution in [1.29, 1.82) is 0 Å². The molecule has 1 aliphatic carbocycles. The molecule has 4 atom stereocenters. The molecule has 1 aromatic heterocycles. The summed E-state index contributed by atoms with van der Waals surface area (Å²) in [6.07, 6.45) is 1.81. The van der Waals surface area contributed by atoms with Crippen LogP contribution < -0.4 is 16.8 Å². The highest BCUT2D eigenvalue weighted by Gasteiger charge is 2.69. The second-order valence-electron chi connectivity index (χ2n) is 13.3. The number of nitrogens with zero attached hydrogens (tertiary/aromatic N) is 4. The number of phenols is 1. The molecule has 6 aromatic rings. The van der Waals surface area contributed by atoms with Gasteiger partial charge in [0.05, 0.1) is 35.3 Å². The van der Waals surface area contributed by atoms with Crippen molar-refractivity contribution in [2.24, 2.45) is 5.92 Å². The van der Waals surface area contributed by atoms with Crippen LogP contribution in [0.3, 0.4) is 0 Å². The van der Waals surface area contributed by atoms with Crippen LogP contribution in [0.4, 0.5) is 10.1 Å². The Morgan fingerprint density at radius 1 is 0.808 bits per heavy atom. The number of halogens is 2. The topological polar surface area (TPSA) is 119 Å². The first-order valence-electron chi connectivity index (χ1n) is 16.8. The van der Waals surface area contributed by atoms with Gasteiger partial charge in [-0.3, -0.25) is 15.0 Å². The fourth-order valence-corrected chi connectivity index (χ4v) is 8.74. The highest BCUT2D eigenvalue weighted by molar-refractivity contribution is 6.30. The second kappa shape index (κ2) is 11.7. The molecule has 0 bridgehead atoms. The molecular formula is C40H29ClFN5O5. The number of fused-ring (bicyclic) bond motifs is 5. The third kappa shape index (κ3) is 4.42. The van der Waals surface area contributed by atoms with E-state index in [1.165, 1.54) is 33.6 Å². The number of hydrogen-bond donors (Lipinski definition) is 2. The minimum Gasteiger partial charge on any atom is -0.508 e. The van der Waals surface area contributed by atoms with Crippen molar-refractivity contribution in [3.8, 4) is 11.4 Å². The van der Waals surface area contributed by atoms with E-state index in [1.807, 2.05) is 30.3 Å². The average molecular weight is 714 g/mol. The van der Waals surface area contributed by atoms with Gasteiger partial charge in [0.15, 0.2) is 0 Å². The van der Waals surface area contributed by atoms with Gasteiger partial charge in [0.25, 0.3) is 11.8 Å². The molecule has 4 unspecified atom stereocenters. The van der Waals surface area contributed by atoms with Crippen LogP contribution in [0.1, 0.15) is 29.5 Å². The number of benzene rings is 5. The van der Waals surface area contributed by atoms with E-state index < -0.39 is 52.3 Å².